The molecule has 2 aromatic rings. The number of para-hydroxylation sites is 1. The van der Waals surface area contributed by atoms with Gasteiger partial charge in [-0.1, -0.05) is 30.4 Å². The smallest absolute Gasteiger partial charge is 0.0711 e. The fourth-order valence-electron chi connectivity index (χ4n) is 1.78. The monoisotopic (exact) mass is 212 g/mol. The van der Waals surface area contributed by atoms with Gasteiger partial charge in [-0.05, 0) is 31.7 Å². The minimum atomic E-state index is 0.885. The number of nitrogens with zero attached hydrogens (tertiary/aromatic N) is 1. The number of likely N-dealkylation sites (N-methyl/N-ethyl adjacent to an activating group) is 1. The third-order valence-corrected chi connectivity index (χ3v) is 2.50. The van der Waals surface area contributed by atoms with Crippen LogP contribution in [0.2, 0.25) is 0 Å². The van der Waals surface area contributed by atoms with Gasteiger partial charge in [0.15, 0.2) is 0 Å². The number of hydrogen-bond donors (Lipinski definition) is 1. The number of aromatic nitrogens is 1. The van der Waals surface area contributed by atoms with Gasteiger partial charge in [-0.25, -0.2) is 0 Å². The first kappa shape index (κ1) is 10.8. The topological polar surface area (TPSA) is 24.9 Å². The van der Waals surface area contributed by atoms with Crippen LogP contribution < -0.4 is 5.32 Å². The molecule has 0 aliphatic heterocycles. The van der Waals surface area contributed by atoms with Gasteiger partial charge in [0.2, 0.25) is 0 Å². The maximum atomic E-state index is 4.52. The van der Waals surface area contributed by atoms with Crippen molar-refractivity contribution in [3.63, 3.8) is 0 Å². The lowest BCUT2D eigenvalue weighted by Gasteiger charge is -2.03. The minimum absolute atomic E-state index is 0.885. The largest absolute Gasteiger partial charge is 0.316 e. The first-order valence-corrected chi connectivity index (χ1v) is 5.49. The molecule has 0 radical (unpaired) electrons. The second-order valence-corrected chi connectivity index (χ2v) is 3.83. The molecule has 0 bridgehead atoms. The van der Waals surface area contributed by atoms with Crippen LogP contribution in [-0.2, 0) is 0 Å². The zero-order chi connectivity index (χ0) is 11.4. The van der Waals surface area contributed by atoms with E-state index in [0.717, 1.165) is 17.8 Å². The van der Waals surface area contributed by atoms with E-state index in [9.17, 15) is 0 Å². The number of fused-ring (bicyclic) bond motifs is 1. The highest BCUT2D eigenvalue weighted by Crippen LogP contribution is 2.19. The second-order valence-electron chi connectivity index (χ2n) is 3.83. The van der Waals surface area contributed by atoms with E-state index in [1.54, 1.807) is 0 Å². The number of pyridine rings is 1. The molecule has 1 N–H and O–H groups in total. The maximum absolute atomic E-state index is 4.52. The van der Waals surface area contributed by atoms with E-state index in [1.165, 1.54) is 10.9 Å². The van der Waals surface area contributed by atoms with Crippen molar-refractivity contribution in [1.29, 1.82) is 0 Å². The molecule has 0 saturated heterocycles. The third kappa shape index (κ3) is 2.28. The second kappa shape index (κ2) is 4.90. The maximum Gasteiger partial charge on any atom is 0.0711 e. The third-order valence-electron chi connectivity index (χ3n) is 2.50. The quantitative estimate of drug-likeness (QED) is 0.846. The van der Waals surface area contributed by atoms with E-state index < -0.39 is 0 Å². The Kier molecular flexibility index (Phi) is 3.32. The summed E-state index contributed by atoms with van der Waals surface area (Å²) in [6.45, 7) is 2.91. The van der Waals surface area contributed by atoms with Gasteiger partial charge in [0.05, 0.1) is 5.52 Å². The molecule has 0 saturated carbocycles. The van der Waals surface area contributed by atoms with Crippen LogP contribution in [0.5, 0.6) is 0 Å². The average Bonchev–Trinajstić information content (AvgIpc) is 2.29. The number of aryl methyl sites for hydroxylation is 1. The van der Waals surface area contributed by atoms with Crippen molar-refractivity contribution in [3.8, 4) is 0 Å². The average molecular weight is 212 g/mol. The predicted molar refractivity (Wildman–Crippen MR) is 69.4 cm³/mol. The Bertz CT molecular complexity index is 515. The van der Waals surface area contributed by atoms with E-state index in [-0.39, 0.29) is 0 Å². The Morgan fingerprint density at radius 1 is 1.31 bits per heavy atom. The number of benzene rings is 1. The van der Waals surface area contributed by atoms with E-state index in [1.807, 2.05) is 20.0 Å². The van der Waals surface area contributed by atoms with Crippen molar-refractivity contribution >= 4 is 17.0 Å². The molecule has 16 heavy (non-hydrogen) atoms. The SMILES string of the molecule is CNCC=Cc1cc(C)nc2ccccc12. The summed E-state index contributed by atoms with van der Waals surface area (Å²) in [5.41, 5.74) is 3.35. The Balaban J connectivity index is 2.50. The van der Waals surface area contributed by atoms with Crippen LogP contribution in [0.15, 0.2) is 36.4 Å². The summed E-state index contributed by atoms with van der Waals surface area (Å²) < 4.78 is 0. The lowest BCUT2D eigenvalue weighted by molar-refractivity contribution is 0.922. The van der Waals surface area contributed by atoms with Gasteiger partial charge < -0.3 is 5.32 Å². The van der Waals surface area contributed by atoms with Crippen molar-refractivity contribution in [2.75, 3.05) is 13.6 Å². The molecule has 0 aliphatic carbocycles. The molecular formula is C14H16N2. The van der Waals surface area contributed by atoms with E-state index in [2.05, 4.69) is 46.7 Å². The Hall–Kier alpha value is -1.67. The number of hydrogen-bond acceptors (Lipinski definition) is 2. The number of nitrogens with one attached hydrogen (secondary N) is 1. The molecular weight excluding hydrogens is 196 g/mol. The summed E-state index contributed by atoms with van der Waals surface area (Å²) in [6.07, 6.45) is 4.27. The van der Waals surface area contributed by atoms with Crippen LogP contribution in [0.4, 0.5) is 0 Å². The van der Waals surface area contributed by atoms with Gasteiger partial charge in [0.25, 0.3) is 0 Å². The van der Waals surface area contributed by atoms with Crippen LogP contribution in [0, 0.1) is 6.92 Å². The Morgan fingerprint density at radius 3 is 2.94 bits per heavy atom. The summed E-state index contributed by atoms with van der Waals surface area (Å²) in [7, 11) is 1.94. The summed E-state index contributed by atoms with van der Waals surface area (Å²) in [5.74, 6) is 0. The van der Waals surface area contributed by atoms with Crippen LogP contribution >= 0.6 is 0 Å². The predicted octanol–water partition coefficient (Wildman–Crippen LogP) is 2.78. The minimum Gasteiger partial charge on any atom is -0.316 e. The van der Waals surface area contributed by atoms with E-state index >= 15 is 0 Å². The van der Waals surface area contributed by atoms with Gasteiger partial charge in [0, 0.05) is 17.6 Å². The van der Waals surface area contributed by atoms with Gasteiger partial charge in [-0.3, -0.25) is 4.98 Å². The molecule has 2 rings (SSSR count). The highest BCUT2D eigenvalue weighted by Gasteiger charge is 1.99. The van der Waals surface area contributed by atoms with Crippen molar-refractivity contribution in [3.05, 3.63) is 47.7 Å². The molecule has 0 spiro atoms. The molecule has 0 aliphatic rings. The fourth-order valence-corrected chi connectivity index (χ4v) is 1.78. The molecule has 2 nitrogen and oxygen atoms in total. The van der Waals surface area contributed by atoms with Crippen LogP contribution in [-0.4, -0.2) is 18.6 Å². The lowest BCUT2D eigenvalue weighted by atomic mass is 10.1. The van der Waals surface area contributed by atoms with Gasteiger partial charge >= 0.3 is 0 Å². The molecule has 0 amide bonds. The molecule has 0 atom stereocenters. The highest BCUT2D eigenvalue weighted by atomic mass is 14.8. The van der Waals surface area contributed by atoms with Crippen molar-refractivity contribution < 1.29 is 0 Å². The van der Waals surface area contributed by atoms with Crippen LogP contribution in [0.25, 0.3) is 17.0 Å². The molecule has 0 fully saturated rings. The van der Waals surface area contributed by atoms with Gasteiger partial charge in [-0.15, -0.1) is 0 Å². The first-order chi connectivity index (χ1) is 7.81. The van der Waals surface area contributed by atoms with Crippen molar-refractivity contribution in [2.24, 2.45) is 0 Å². The summed E-state index contributed by atoms with van der Waals surface area (Å²) in [4.78, 5) is 4.52. The highest BCUT2D eigenvalue weighted by molar-refractivity contribution is 5.87. The molecule has 2 heteroatoms. The molecule has 1 aromatic carbocycles. The zero-order valence-corrected chi connectivity index (χ0v) is 9.70. The Morgan fingerprint density at radius 2 is 2.12 bits per heavy atom. The van der Waals surface area contributed by atoms with Crippen LogP contribution in [0.3, 0.4) is 0 Å². The van der Waals surface area contributed by atoms with Crippen molar-refractivity contribution in [2.45, 2.75) is 6.92 Å². The summed E-state index contributed by atoms with van der Waals surface area (Å²) in [6, 6.07) is 10.4. The van der Waals surface area contributed by atoms with E-state index in [0.29, 0.717) is 0 Å². The summed E-state index contributed by atoms with van der Waals surface area (Å²) in [5, 5.41) is 4.31. The van der Waals surface area contributed by atoms with Crippen molar-refractivity contribution in [1.82, 2.24) is 10.3 Å². The molecule has 1 aromatic heterocycles. The fraction of sp³-hybridized carbons (Fsp3) is 0.214. The molecule has 0 unspecified atom stereocenters. The standard InChI is InChI=1S/C14H16N2/c1-11-10-12(6-5-9-15-2)13-7-3-4-8-14(13)16-11/h3-8,10,15H,9H2,1-2H3. The number of rotatable bonds is 3. The van der Waals surface area contributed by atoms with Gasteiger partial charge in [0.1, 0.15) is 0 Å². The lowest BCUT2D eigenvalue weighted by Crippen LogP contribution is -2.03. The first-order valence-electron chi connectivity index (χ1n) is 5.49. The normalized spacial score (nSPS) is 11.4. The van der Waals surface area contributed by atoms with Gasteiger partial charge in [-0.2, -0.15) is 0 Å². The zero-order valence-electron chi connectivity index (χ0n) is 9.70. The van der Waals surface area contributed by atoms with E-state index in [4.69, 9.17) is 0 Å². The Labute approximate surface area is 96.0 Å². The summed E-state index contributed by atoms with van der Waals surface area (Å²) >= 11 is 0. The molecule has 82 valence electrons. The molecule has 1 heterocycles. The van der Waals surface area contributed by atoms with Crippen LogP contribution in [0.1, 0.15) is 11.3 Å².